The number of nitrogens with two attached hydrogens (primary N) is 1. The second kappa shape index (κ2) is 3.57. The van der Waals surface area contributed by atoms with Gasteiger partial charge < -0.3 is 5.73 Å². The Kier molecular flexibility index (Phi) is 2.56. The number of aryl methyl sites for hydroxylation is 1. The first-order valence-electron chi connectivity index (χ1n) is 5.11. The van der Waals surface area contributed by atoms with Crippen LogP contribution in [-0.4, -0.2) is 9.78 Å². The van der Waals surface area contributed by atoms with Gasteiger partial charge in [0.1, 0.15) is 5.82 Å². The van der Waals surface area contributed by atoms with Gasteiger partial charge >= 0.3 is 0 Å². The molecule has 1 aromatic rings. The highest BCUT2D eigenvalue weighted by Crippen LogP contribution is 2.38. The van der Waals surface area contributed by atoms with Gasteiger partial charge in [0.15, 0.2) is 0 Å². The molecule has 1 aliphatic rings. The van der Waals surface area contributed by atoms with Gasteiger partial charge in [-0.05, 0) is 41.6 Å². The minimum Gasteiger partial charge on any atom is -0.383 e. The lowest BCUT2D eigenvalue weighted by Gasteiger charge is -2.17. The summed E-state index contributed by atoms with van der Waals surface area (Å²) < 4.78 is 2.95. The van der Waals surface area contributed by atoms with E-state index in [-0.39, 0.29) is 0 Å². The summed E-state index contributed by atoms with van der Waals surface area (Å²) >= 11 is 3.46. The second-order valence-electron chi connectivity index (χ2n) is 4.20. The third-order valence-electron chi connectivity index (χ3n) is 3.18. The Hall–Kier alpha value is -0.510. The largest absolute Gasteiger partial charge is 0.383 e. The third-order valence-corrected chi connectivity index (χ3v) is 4.16. The van der Waals surface area contributed by atoms with E-state index >= 15 is 0 Å². The lowest BCUT2D eigenvalue weighted by atomic mass is 10.1. The molecule has 0 bridgehead atoms. The fourth-order valence-corrected chi connectivity index (χ4v) is 2.55. The van der Waals surface area contributed by atoms with E-state index in [4.69, 9.17) is 5.73 Å². The van der Waals surface area contributed by atoms with E-state index in [1.54, 1.807) is 0 Å². The van der Waals surface area contributed by atoms with E-state index in [2.05, 4.69) is 28.0 Å². The first kappa shape index (κ1) is 10.0. The Labute approximate surface area is 92.8 Å². The Morgan fingerprint density at radius 2 is 2.21 bits per heavy atom. The molecule has 3 nitrogen and oxygen atoms in total. The summed E-state index contributed by atoms with van der Waals surface area (Å²) in [6, 6.07) is 0.500. The molecule has 0 aromatic carbocycles. The maximum Gasteiger partial charge on any atom is 0.136 e. The van der Waals surface area contributed by atoms with Crippen molar-refractivity contribution in [2.24, 2.45) is 5.92 Å². The quantitative estimate of drug-likeness (QED) is 0.841. The van der Waals surface area contributed by atoms with E-state index < -0.39 is 0 Å². The van der Waals surface area contributed by atoms with Crippen molar-refractivity contribution in [1.82, 2.24) is 9.78 Å². The molecular formula is C10H16BrN3. The van der Waals surface area contributed by atoms with Crippen LogP contribution in [0, 0.1) is 12.8 Å². The van der Waals surface area contributed by atoms with Crippen molar-refractivity contribution in [2.75, 3.05) is 5.73 Å². The average molecular weight is 258 g/mol. The van der Waals surface area contributed by atoms with Crippen molar-refractivity contribution >= 4 is 21.7 Å². The van der Waals surface area contributed by atoms with E-state index in [0.717, 1.165) is 16.0 Å². The van der Waals surface area contributed by atoms with Crippen LogP contribution < -0.4 is 5.73 Å². The highest BCUT2D eigenvalue weighted by molar-refractivity contribution is 9.10. The predicted molar refractivity (Wildman–Crippen MR) is 61.1 cm³/mol. The van der Waals surface area contributed by atoms with E-state index in [9.17, 15) is 0 Å². The van der Waals surface area contributed by atoms with Crippen molar-refractivity contribution in [1.29, 1.82) is 0 Å². The van der Waals surface area contributed by atoms with Crippen LogP contribution in [0.1, 0.15) is 37.9 Å². The first-order chi connectivity index (χ1) is 6.61. The fourth-order valence-electron chi connectivity index (χ4n) is 2.29. The van der Waals surface area contributed by atoms with Crippen LogP contribution in [0.4, 0.5) is 5.82 Å². The van der Waals surface area contributed by atoms with Gasteiger partial charge in [0.25, 0.3) is 0 Å². The zero-order valence-electron chi connectivity index (χ0n) is 8.63. The van der Waals surface area contributed by atoms with Crippen molar-refractivity contribution in [2.45, 2.75) is 39.2 Å². The molecule has 2 unspecified atom stereocenters. The summed E-state index contributed by atoms with van der Waals surface area (Å²) in [5.74, 6) is 1.48. The molecule has 1 aliphatic carbocycles. The van der Waals surface area contributed by atoms with Gasteiger partial charge in [-0.2, -0.15) is 5.10 Å². The molecule has 1 saturated carbocycles. The Bertz CT molecular complexity index is 345. The number of hydrogen-bond acceptors (Lipinski definition) is 2. The van der Waals surface area contributed by atoms with Gasteiger partial charge in [-0.15, -0.1) is 0 Å². The smallest absolute Gasteiger partial charge is 0.136 e. The van der Waals surface area contributed by atoms with Gasteiger partial charge in [0.05, 0.1) is 16.2 Å². The van der Waals surface area contributed by atoms with E-state index in [1.807, 2.05) is 11.6 Å². The molecule has 1 fully saturated rings. The molecule has 2 rings (SSSR count). The summed E-state index contributed by atoms with van der Waals surface area (Å²) in [6.07, 6.45) is 3.79. The zero-order chi connectivity index (χ0) is 10.3. The van der Waals surface area contributed by atoms with Gasteiger partial charge in [0.2, 0.25) is 0 Å². The summed E-state index contributed by atoms with van der Waals surface area (Å²) in [5, 5.41) is 4.49. The minimum atomic E-state index is 0.500. The summed E-state index contributed by atoms with van der Waals surface area (Å²) in [6.45, 7) is 4.26. The zero-order valence-corrected chi connectivity index (χ0v) is 10.2. The minimum absolute atomic E-state index is 0.500. The van der Waals surface area contributed by atoms with E-state index in [0.29, 0.717) is 12.0 Å². The summed E-state index contributed by atoms with van der Waals surface area (Å²) in [7, 11) is 0. The lowest BCUT2D eigenvalue weighted by Crippen LogP contribution is -2.15. The van der Waals surface area contributed by atoms with Crippen molar-refractivity contribution in [3.8, 4) is 0 Å². The highest BCUT2D eigenvalue weighted by Gasteiger charge is 2.28. The number of hydrogen-bond donors (Lipinski definition) is 1. The summed E-state index contributed by atoms with van der Waals surface area (Å²) in [4.78, 5) is 0. The lowest BCUT2D eigenvalue weighted by molar-refractivity contribution is 0.378. The van der Waals surface area contributed by atoms with Crippen LogP contribution in [0.3, 0.4) is 0 Å². The molecule has 1 heterocycles. The molecule has 0 spiro atoms. The van der Waals surface area contributed by atoms with Crippen LogP contribution in [-0.2, 0) is 0 Å². The number of halogens is 1. The number of nitrogens with zero attached hydrogens (tertiary/aromatic N) is 2. The van der Waals surface area contributed by atoms with Crippen LogP contribution in [0.5, 0.6) is 0 Å². The number of nitrogen functional groups attached to an aromatic ring is 1. The molecule has 2 N–H and O–H groups in total. The number of anilines is 1. The normalized spacial score (nSPS) is 27.1. The third kappa shape index (κ3) is 1.45. The van der Waals surface area contributed by atoms with Crippen LogP contribution >= 0.6 is 15.9 Å². The molecule has 1 aromatic heterocycles. The summed E-state index contributed by atoms with van der Waals surface area (Å²) in [5.41, 5.74) is 6.99. The molecule has 14 heavy (non-hydrogen) atoms. The fraction of sp³-hybridized carbons (Fsp3) is 0.700. The Morgan fingerprint density at radius 1 is 1.50 bits per heavy atom. The molecule has 0 saturated heterocycles. The van der Waals surface area contributed by atoms with Crippen molar-refractivity contribution in [3.05, 3.63) is 10.2 Å². The van der Waals surface area contributed by atoms with Gasteiger partial charge in [0, 0.05) is 0 Å². The van der Waals surface area contributed by atoms with Crippen molar-refractivity contribution in [3.63, 3.8) is 0 Å². The monoisotopic (exact) mass is 257 g/mol. The number of aromatic nitrogens is 2. The molecule has 4 heteroatoms. The average Bonchev–Trinajstić information content (AvgIpc) is 2.66. The van der Waals surface area contributed by atoms with Gasteiger partial charge in [-0.1, -0.05) is 13.3 Å². The van der Waals surface area contributed by atoms with Crippen LogP contribution in [0.15, 0.2) is 4.47 Å². The highest BCUT2D eigenvalue weighted by atomic mass is 79.9. The topological polar surface area (TPSA) is 43.8 Å². The standard InChI is InChI=1S/C10H16BrN3/c1-6-4-3-5-8(6)14-10(12)9(11)7(2)13-14/h6,8H,3-5,12H2,1-2H3. The molecule has 2 atom stereocenters. The maximum atomic E-state index is 6.00. The molecular weight excluding hydrogens is 242 g/mol. The Balaban J connectivity index is 2.36. The molecule has 0 radical (unpaired) electrons. The van der Waals surface area contributed by atoms with Crippen molar-refractivity contribution < 1.29 is 0 Å². The van der Waals surface area contributed by atoms with Crippen LogP contribution in [0.2, 0.25) is 0 Å². The predicted octanol–water partition coefficient (Wildman–Crippen LogP) is 2.90. The maximum absolute atomic E-state index is 6.00. The van der Waals surface area contributed by atoms with Crippen LogP contribution in [0.25, 0.3) is 0 Å². The molecule has 0 amide bonds. The van der Waals surface area contributed by atoms with Gasteiger partial charge in [-0.25, -0.2) is 4.68 Å². The molecule has 78 valence electrons. The second-order valence-corrected chi connectivity index (χ2v) is 5.00. The van der Waals surface area contributed by atoms with E-state index in [1.165, 1.54) is 19.3 Å². The molecule has 0 aliphatic heterocycles. The first-order valence-corrected chi connectivity index (χ1v) is 5.90. The Morgan fingerprint density at radius 3 is 2.64 bits per heavy atom. The SMILES string of the molecule is Cc1nn(C2CCCC2C)c(N)c1Br. The van der Waals surface area contributed by atoms with Gasteiger partial charge in [-0.3, -0.25) is 0 Å². The number of rotatable bonds is 1.